The van der Waals surface area contributed by atoms with Gasteiger partial charge >= 0.3 is 0 Å². The van der Waals surface area contributed by atoms with Gasteiger partial charge in [0.2, 0.25) is 5.88 Å². The zero-order valence-electron chi connectivity index (χ0n) is 16.9. The Kier molecular flexibility index (Phi) is 4.72. The molecule has 152 valence electrons. The van der Waals surface area contributed by atoms with Crippen molar-refractivity contribution in [1.82, 2.24) is 15.2 Å². The lowest BCUT2D eigenvalue weighted by Crippen LogP contribution is -1.93. The fraction of sp³-hybridized carbons (Fsp3) is 0.0400. The van der Waals surface area contributed by atoms with E-state index in [1.807, 2.05) is 91.9 Å². The average Bonchev–Trinajstić information content (AvgIpc) is 3.17. The Hall–Kier alpha value is -4.32. The first-order valence-corrected chi connectivity index (χ1v) is 9.88. The molecule has 0 aliphatic carbocycles. The molecule has 2 heterocycles. The Labute approximate surface area is 179 Å². The molecular formula is C25H20N4O2. The van der Waals surface area contributed by atoms with Crippen LogP contribution >= 0.6 is 0 Å². The van der Waals surface area contributed by atoms with Crippen molar-refractivity contribution in [2.45, 2.75) is 6.92 Å². The third-order valence-corrected chi connectivity index (χ3v) is 4.92. The van der Waals surface area contributed by atoms with Gasteiger partial charge in [-0.2, -0.15) is 10.1 Å². The van der Waals surface area contributed by atoms with Gasteiger partial charge in [0.15, 0.2) is 5.65 Å². The molecular weight excluding hydrogens is 388 g/mol. The number of pyridine rings is 1. The van der Waals surface area contributed by atoms with E-state index in [-0.39, 0.29) is 0 Å². The van der Waals surface area contributed by atoms with Crippen LogP contribution in [0.1, 0.15) is 5.56 Å². The summed E-state index contributed by atoms with van der Waals surface area (Å²) in [6.07, 6.45) is 0. The summed E-state index contributed by atoms with van der Waals surface area (Å²) >= 11 is 0. The molecule has 0 fully saturated rings. The highest BCUT2D eigenvalue weighted by atomic mass is 16.5. The molecule has 0 saturated carbocycles. The van der Waals surface area contributed by atoms with Crippen molar-refractivity contribution in [3.63, 3.8) is 0 Å². The van der Waals surface area contributed by atoms with Crippen LogP contribution in [0.25, 0.3) is 22.2 Å². The number of benzene rings is 3. The fourth-order valence-corrected chi connectivity index (χ4v) is 3.36. The maximum absolute atomic E-state index is 6.14. The van der Waals surface area contributed by atoms with Crippen LogP contribution in [0.4, 0.5) is 5.82 Å². The number of H-pyrrole nitrogens is 1. The highest BCUT2D eigenvalue weighted by Crippen LogP contribution is 2.35. The predicted octanol–water partition coefficient (Wildman–Crippen LogP) is 6.10. The summed E-state index contributed by atoms with van der Waals surface area (Å²) in [5, 5.41) is 7.80. The largest absolute Gasteiger partial charge is 0.457 e. The van der Waals surface area contributed by atoms with Gasteiger partial charge in [0.05, 0.1) is 5.39 Å². The number of ether oxygens (including phenoxy) is 2. The van der Waals surface area contributed by atoms with Crippen LogP contribution < -0.4 is 15.2 Å². The molecule has 0 amide bonds. The van der Waals surface area contributed by atoms with Gasteiger partial charge in [-0.05, 0) is 48.9 Å². The third-order valence-electron chi connectivity index (χ3n) is 4.92. The number of rotatable bonds is 5. The molecule has 3 N–H and O–H groups in total. The standard InChI is InChI=1S/C25H20N4O2/c1-16-7-11-20(12-8-16)31-22-15-21(23-24(26)28-29-25(23)27-22)17-9-13-19(14-10-17)30-18-5-3-2-4-6-18/h2-15H,1H3,(H3,26,27,28,29). The van der Waals surface area contributed by atoms with Crippen molar-refractivity contribution in [3.8, 4) is 34.3 Å². The average molecular weight is 408 g/mol. The highest BCUT2D eigenvalue weighted by molar-refractivity contribution is 6.00. The highest BCUT2D eigenvalue weighted by Gasteiger charge is 2.15. The molecule has 5 rings (SSSR count). The summed E-state index contributed by atoms with van der Waals surface area (Å²) < 4.78 is 11.9. The lowest BCUT2D eigenvalue weighted by Gasteiger charge is -2.10. The molecule has 0 unspecified atom stereocenters. The maximum atomic E-state index is 6.14. The number of hydrogen-bond donors (Lipinski definition) is 2. The maximum Gasteiger partial charge on any atom is 0.221 e. The van der Waals surface area contributed by atoms with Gasteiger partial charge in [-0.1, -0.05) is 48.0 Å². The van der Waals surface area contributed by atoms with E-state index in [0.717, 1.165) is 33.6 Å². The number of nitrogens with zero attached hydrogens (tertiary/aromatic N) is 2. The zero-order valence-corrected chi connectivity index (χ0v) is 16.9. The normalized spacial score (nSPS) is 10.9. The second-order valence-electron chi connectivity index (χ2n) is 7.20. The molecule has 0 aliphatic rings. The Bertz CT molecular complexity index is 1330. The van der Waals surface area contributed by atoms with E-state index in [1.54, 1.807) is 0 Å². The lowest BCUT2D eigenvalue weighted by molar-refractivity contribution is 0.465. The number of aromatic amines is 1. The van der Waals surface area contributed by atoms with Gasteiger partial charge in [-0.3, -0.25) is 5.10 Å². The molecule has 0 radical (unpaired) electrons. The van der Waals surface area contributed by atoms with Gasteiger partial charge in [0.25, 0.3) is 0 Å². The quantitative estimate of drug-likeness (QED) is 0.367. The van der Waals surface area contributed by atoms with Crippen LogP contribution in [0.3, 0.4) is 0 Å². The molecule has 0 atom stereocenters. The van der Waals surface area contributed by atoms with Crippen molar-refractivity contribution in [2.75, 3.05) is 5.73 Å². The van der Waals surface area contributed by atoms with Crippen LogP contribution in [0.15, 0.2) is 84.9 Å². The van der Waals surface area contributed by atoms with Crippen molar-refractivity contribution < 1.29 is 9.47 Å². The number of nitrogen functional groups attached to an aromatic ring is 1. The van der Waals surface area contributed by atoms with E-state index in [2.05, 4.69) is 15.2 Å². The molecule has 5 aromatic rings. The second-order valence-corrected chi connectivity index (χ2v) is 7.20. The topological polar surface area (TPSA) is 86.0 Å². The van der Waals surface area contributed by atoms with Crippen LogP contribution in [0, 0.1) is 6.92 Å². The summed E-state index contributed by atoms with van der Waals surface area (Å²) in [6.45, 7) is 2.03. The predicted molar refractivity (Wildman–Crippen MR) is 122 cm³/mol. The number of nitrogens with one attached hydrogen (secondary N) is 1. The van der Waals surface area contributed by atoms with Crippen molar-refractivity contribution in [1.29, 1.82) is 0 Å². The first-order valence-electron chi connectivity index (χ1n) is 9.88. The molecule has 31 heavy (non-hydrogen) atoms. The van der Waals surface area contributed by atoms with Gasteiger partial charge in [-0.15, -0.1) is 0 Å². The van der Waals surface area contributed by atoms with Gasteiger partial charge in [-0.25, -0.2) is 0 Å². The monoisotopic (exact) mass is 408 g/mol. The van der Waals surface area contributed by atoms with Crippen molar-refractivity contribution in [2.24, 2.45) is 0 Å². The van der Waals surface area contributed by atoms with Crippen LogP contribution in [0.2, 0.25) is 0 Å². The van der Waals surface area contributed by atoms with E-state index in [0.29, 0.717) is 23.1 Å². The number of aryl methyl sites for hydroxylation is 1. The molecule has 0 aliphatic heterocycles. The van der Waals surface area contributed by atoms with Gasteiger partial charge < -0.3 is 15.2 Å². The SMILES string of the molecule is Cc1ccc(Oc2cc(-c3ccc(Oc4ccccc4)cc3)c3c(N)[nH]nc3n2)cc1. The van der Waals surface area contributed by atoms with Gasteiger partial charge in [0.1, 0.15) is 23.1 Å². The number of aromatic nitrogens is 3. The first kappa shape index (κ1) is 18.7. The Morgan fingerprint density at radius 2 is 1.42 bits per heavy atom. The van der Waals surface area contributed by atoms with Crippen molar-refractivity contribution in [3.05, 3.63) is 90.5 Å². The summed E-state index contributed by atoms with van der Waals surface area (Å²) in [5.41, 5.74) is 9.64. The van der Waals surface area contributed by atoms with Gasteiger partial charge in [0, 0.05) is 11.6 Å². The summed E-state index contributed by atoms with van der Waals surface area (Å²) in [5.74, 6) is 3.15. The summed E-state index contributed by atoms with van der Waals surface area (Å²) in [6, 6.07) is 27.2. The van der Waals surface area contributed by atoms with Crippen molar-refractivity contribution >= 4 is 16.9 Å². The Morgan fingerprint density at radius 1 is 0.774 bits per heavy atom. The Morgan fingerprint density at radius 3 is 2.16 bits per heavy atom. The molecule has 0 bridgehead atoms. The molecule has 6 heteroatoms. The van der Waals surface area contributed by atoms with Crippen LogP contribution in [-0.2, 0) is 0 Å². The smallest absolute Gasteiger partial charge is 0.221 e. The molecule has 6 nitrogen and oxygen atoms in total. The summed E-state index contributed by atoms with van der Waals surface area (Å²) in [7, 11) is 0. The van der Waals surface area contributed by atoms with Crippen LogP contribution in [-0.4, -0.2) is 15.2 Å². The minimum atomic E-state index is 0.447. The van der Waals surface area contributed by atoms with E-state index in [1.165, 1.54) is 0 Å². The Balaban J connectivity index is 1.50. The minimum Gasteiger partial charge on any atom is -0.457 e. The summed E-state index contributed by atoms with van der Waals surface area (Å²) in [4.78, 5) is 4.50. The lowest BCUT2D eigenvalue weighted by atomic mass is 10.0. The number of hydrogen-bond acceptors (Lipinski definition) is 5. The van der Waals surface area contributed by atoms with Crippen LogP contribution in [0.5, 0.6) is 23.1 Å². The number of para-hydroxylation sites is 1. The second kappa shape index (κ2) is 7.84. The van der Waals surface area contributed by atoms with E-state index >= 15 is 0 Å². The number of anilines is 1. The van der Waals surface area contributed by atoms with E-state index in [9.17, 15) is 0 Å². The zero-order chi connectivity index (χ0) is 21.2. The number of fused-ring (bicyclic) bond motifs is 1. The molecule has 3 aromatic carbocycles. The van der Waals surface area contributed by atoms with E-state index < -0.39 is 0 Å². The van der Waals surface area contributed by atoms with E-state index in [4.69, 9.17) is 15.2 Å². The molecule has 2 aromatic heterocycles. The molecule has 0 spiro atoms. The third kappa shape index (κ3) is 3.91. The fourth-order valence-electron chi connectivity index (χ4n) is 3.36. The number of nitrogens with two attached hydrogens (primary N) is 1. The minimum absolute atomic E-state index is 0.447. The first-order chi connectivity index (χ1) is 15.2. The molecule has 0 saturated heterocycles.